The predicted octanol–water partition coefficient (Wildman–Crippen LogP) is 0.466. The van der Waals surface area contributed by atoms with E-state index in [0.29, 0.717) is 16.8 Å². The normalized spacial score (nSPS) is 10.7. The zero-order valence-corrected chi connectivity index (χ0v) is 9.27. The fourth-order valence-electron chi connectivity index (χ4n) is 1.55. The van der Waals surface area contributed by atoms with Crippen molar-refractivity contribution >= 4 is 22.7 Å². The van der Waals surface area contributed by atoms with Crippen LogP contribution >= 0.6 is 0 Å². The van der Waals surface area contributed by atoms with Crippen molar-refractivity contribution in [2.75, 3.05) is 18.6 Å². The molecule has 17 heavy (non-hydrogen) atoms. The van der Waals surface area contributed by atoms with Crippen molar-refractivity contribution in [3.8, 4) is 0 Å². The molecule has 1 aromatic heterocycles. The van der Waals surface area contributed by atoms with Crippen molar-refractivity contribution in [2.45, 2.75) is 6.42 Å². The number of nitrogens with one attached hydrogen (secondary N) is 1. The van der Waals surface area contributed by atoms with Crippen LogP contribution < -0.4 is 10.7 Å². The number of rotatable bonds is 3. The second-order valence-electron chi connectivity index (χ2n) is 3.62. The van der Waals surface area contributed by atoms with E-state index in [1.54, 1.807) is 25.2 Å². The van der Waals surface area contributed by atoms with Gasteiger partial charge in [-0.05, 0) is 12.1 Å². The lowest BCUT2D eigenvalue weighted by Crippen LogP contribution is -2.26. The highest BCUT2D eigenvalue weighted by atomic mass is 16.4. The number of hydrogen-bond donors (Lipinski definition) is 2. The summed E-state index contributed by atoms with van der Waals surface area (Å²) in [5.41, 5.74) is 1.59. The van der Waals surface area contributed by atoms with Gasteiger partial charge < -0.3 is 14.4 Å². The van der Waals surface area contributed by atoms with Crippen LogP contribution in [-0.2, 0) is 4.79 Å². The molecule has 2 N–H and O–H groups in total. The third-order valence-electron chi connectivity index (χ3n) is 2.49. The molecule has 0 atom stereocenters. The van der Waals surface area contributed by atoms with Crippen LogP contribution in [0.5, 0.6) is 0 Å². The highest BCUT2D eigenvalue weighted by Crippen LogP contribution is 2.19. The molecule has 2 aromatic rings. The first-order chi connectivity index (χ1) is 8.11. The van der Waals surface area contributed by atoms with Crippen LogP contribution in [0.15, 0.2) is 27.4 Å². The molecule has 0 fully saturated rings. The van der Waals surface area contributed by atoms with Gasteiger partial charge in [0.05, 0.1) is 18.5 Å². The van der Waals surface area contributed by atoms with Crippen molar-refractivity contribution in [1.82, 2.24) is 4.98 Å². The molecule has 1 amide bonds. The molecule has 0 aliphatic heterocycles. The highest BCUT2D eigenvalue weighted by molar-refractivity contribution is 5.94. The van der Waals surface area contributed by atoms with E-state index < -0.39 is 5.76 Å². The van der Waals surface area contributed by atoms with Gasteiger partial charge in [-0.15, -0.1) is 0 Å². The summed E-state index contributed by atoms with van der Waals surface area (Å²) in [4.78, 5) is 26.4. The van der Waals surface area contributed by atoms with Crippen molar-refractivity contribution in [1.29, 1.82) is 0 Å². The summed E-state index contributed by atoms with van der Waals surface area (Å²) in [6.07, 6.45) is 0.0611. The minimum atomic E-state index is -0.526. The Kier molecular flexibility index (Phi) is 2.97. The van der Waals surface area contributed by atoms with Gasteiger partial charge >= 0.3 is 5.76 Å². The number of H-pyrrole nitrogens is 1. The molecule has 6 nitrogen and oxygen atoms in total. The molecule has 0 unspecified atom stereocenters. The van der Waals surface area contributed by atoms with Gasteiger partial charge in [-0.2, -0.15) is 0 Å². The lowest BCUT2D eigenvalue weighted by molar-refractivity contribution is -0.118. The minimum Gasteiger partial charge on any atom is -0.408 e. The smallest absolute Gasteiger partial charge is 0.408 e. The van der Waals surface area contributed by atoms with Crippen molar-refractivity contribution in [3.05, 3.63) is 28.7 Å². The van der Waals surface area contributed by atoms with Crippen LogP contribution in [0.4, 0.5) is 5.69 Å². The number of oxazole rings is 1. The second-order valence-corrected chi connectivity index (χ2v) is 3.62. The average molecular weight is 236 g/mol. The van der Waals surface area contributed by atoms with Crippen molar-refractivity contribution in [3.63, 3.8) is 0 Å². The third kappa shape index (κ3) is 2.21. The number of amides is 1. The lowest BCUT2D eigenvalue weighted by atomic mass is 10.2. The van der Waals surface area contributed by atoms with Gasteiger partial charge in [-0.3, -0.25) is 9.78 Å². The fraction of sp³-hybridized carbons (Fsp3) is 0.273. The van der Waals surface area contributed by atoms with Crippen molar-refractivity contribution < 1.29 is 14.3 Å². The second kappa shape index (κ2) is 4.42. The number of nitrogens with zero attached hydrogens (tertiary/aromatic N) is 1. The van der Waals surface area contributed by atoms with E-state index >= 15 is 0 Å². The summed E-state index contributed by atoms with van der Waals surface area (Å²) in [6.45, 7) is -0.190. The molecule has 90 valence electrons. The maximum Gasteiger partial charge on any atom is 0.417 e. The Morgan fingerprint density at radius 3 is 3.00 bits per heavy atom. The van der Waals surface area contributed by atoms with Gasteiger partial charge in [0.15, 0.2) is 5.58 Å². The van der Waals surface area contributed by atoms with E-state index in [2.05, 4.69) is 4.98 Å². The van der Waals surface area contributed by atoms with E-state index in [0.717, 1.165) is 0 Å². The van der Waals surface area contributed by atoms with Crippen LogP contribution in [0.2, 0.25) is 0 Å². The third-order valence-corrected chi connectivity index (χ3v) is 2.49. The van der Waals surface area contributed by atoms with E-state index in [1.165, 1.54) is 4.90 Å². The van der Waals surface area contributed by atoms with Gasteiger partial charge in [0.25, 0.3) is 0 Å². The van der Waals surface area contributed by atoms with Gasteiger partial charge in [-0.25, -0.2) is 4.79 Å². The first-order valence-corrected chi connectivity index (χ1v) is 5.12. The molecular formula is C11H12N2O4. The quantitative estimate of drug-likeness (QED) is 0.810. The first kappa shape index (κ1) is 11.4. The summed E-state index contributed by atoms with van der Waals surface area (Å²) in [6, 6.07) is 4.96. The maximum absolute atomic E-state index is 11.6. The summed E-state index contributed by atoms with van der Waals surface area (Å²) in [5.74, 6) is -0.730. The number of aromatic amines is 1. The number of anilines is 1. The monoisotopic (exact) mass is 236 g/mol. The standard InChI is InChI=1S/C11H12N2O4/c1-13(10(15)4-5-14)7-2-3-8-9(6-7)17-11(16)12-8/h2-3,6,14H,4-5H2,1H3,(H,12,16). The van der Waals surface area contributed by atoms with Crippen LogP contribution in [-0.4, -0.2) is 29.7 Å². The Bertz CT molecular complexity index is 599. The molecule has 0 aliphatic rings. The Labute approximate surface area is 96.5 Å². The first-order valence-electron chi connectivity index (χ1n) is 5.12. The Hall–Kier alpha value is -2.08. The average Bonchev–Trinajstić information content (AvgIpc) is 2.67. The number of aliphatic hydroxyl groups is 1. The van der Waals surface area contributed by atoms with E-state index in [-0.39, 0.29) is 18.9 Å². The molecule has 0 spiro atoms. The summed E-state index contributed by atoms with van der Waals surface area (Å²) >= 11 is 0. The predicted molar refractivity (Wildman–Crippen MR) is 61.9 cm³/mol. The van der Waals surface area contributed by atoms with Crippen LogP contribution in [0, 0.1) is 0 Å². The number of fused-ring (bicyclic) bond motifs is 1. The Morgan fingerprint density at radius 2 is 2.29 bits per heavy atom. The summed E-state index contributed by atoms with van der Waals surface area (Å²) in [5, 5.41) is 8.70. The number of aliphatic hydroxyl groups excluding tert-OH is 1. The molecule has 0 aliphatic carbocycles. The molecule has 0 saturated heterocycles. The molecule has 0 saturated carbocycles. The zero-order chi connectivity index (χ0) is 12.4. The van der Waals surface area contributed by atoms with E-state index in [1.807, 2.05) is 0 Å². The minimum absolute atomic E-state index is 0.0611. The Morgan fingerprint density at radius 1 is 1.53 bits per heavy atom. The van der Waals surface area contributed by atoms with Gasteiger partial charge in [-0.1, -0.05) is 0 Å². The van der Waals surface area contributed by atoms with Crippen LogP contribution in [0.1, 0.15) is 6.42 Å². The number of benzene rings is 1. The van der Waals surface area contributed by atoms with Crippen molar-refractivity contribution in [2.24, 2.45) is 0 Å². The molecular weight excluding hydrogens is 224 g/mol. The number of carbonyl (C=O) groups is 1. The van der Waals surface area contributed by atoms with Crippen LogP contribution in [0.25, 0.3) is 11.1 Å². The van der Waals surface area contributed by atoms with Crippen LogP contribution in [0.3, 0.4) is 0 Å². The Balaban J connectivity index is 2.35. The SMILES string of the molecule is CN(C(=O)CCO)c1ccc2[nH]c(=O)oc2c1. The molecule has 1 aromatic carbocycles. The lowest BCUT2D eigenvalue weighted by Gasteiger charge is -2.16. The number of hydrogen-bond acceptors (Lipinski definition) is 4. The fourth-order valence-corrected chi connectivity index (χ4v) is 1.55. The van der Waals surface area contributed by atoms with Gasteiger partial charge in [0, 0.05) is 18.8 Å². The highest BCUT2D eigenvalue weighted by Gasteiger charge is 2.11. The van der Waals surface area contributed by atoms with Gasteiger partial charge in [0.2, 0.25) is 5.91 Å². The zero-order valence-electron chi connectivity index (χ0n) is 9.27. The molecule has 1 heterocycles. The molecule has 6 heteroatoms. The maximum atomic E-state index is 11.6. The summed E-state index contributed by atoms with van der Waals surface area (Å²) < 4.78 is 4.90. The molecule has 0 radical (unpaired) electrons. The largest absolute Gasteiger partial charge is 0.417 e. The summed E-state index contributed by atoms with van der Waals surface area (Å²) in [7, 11) is 1.60. The number of aromatic nitrogens is 1. The van der Waals surface area contributed by atoms with Gasteiger partial charge in [0.1, 0.15) is 0 Å². The molecule has 2 rings (SSSR count). The topological polar surface area (TPSA) is 86.5 Å². The van der Waals surface area contributed by atoms with E-state index in [9.17, 15) is 9.59 Å². The molecule has 0 bridgehead atoms. The number of carbonyl (C=O) groups excluding carboxylic acids is 1. The van der Waals surface area contributed by atoms with E-state index in [4.69, 9.17) is 9.52 Å².